The van der Waals surface area contributed by atoms with E-state index in [4.69, 9.17) is 10.8 Å². The molecule has 14 heavy (non-hydrogen) atoms. The van der Waals surface area contributed by atoms with Gasteiger partial charge in [0.15, 0.2) is 0 Å². The molecule has 86 valence electrons. The van der Waals surface area contributed by atoms with E-state index in [2.05, 4.69) is 19.2 Å². The molecule has 0 saturated heterocycles. The molecule has 0 fully saturated rings. The topological polar surface area (TPSA) is 58.3 Å². The van der Waals surface area contributed by atoms with Crippen molar-refractivity contribution in [2.75, 3.05) is 13.2 Å². The number of hydrogen-bond donors (Lipinski definition) is 3. The van der Waals surface area contributed by atoms with Crippen LogP contribution in [0.5, 0.6) is 0 Å². The van der Waals surface area contributed by atoms with Crippen LogP contribution < -0.4 is 11.1 Å². The Bertz CT molecular complexity index is 120. The third-order valence-electron chi connectivity index (χ3n) is 2.52. The first-order valence-electron chi connectivity index (χ1n) is 5.81. The molecule has 4 N–H and O–H groups in total. The van der Waals surface area contributed by atoms with Gasteiger partial charge in [-0.1, -0.05) is 26.2 Å². The van der Waals surface area contributed by atoms with Gasteiger partial charge >= 0.3 is 0 Å². The van der Waals surface area contributed by atoms with Crippen LogP contribution in [0.4, 0.5) is 0 Å². The monoisotopic (exact) mass is 202 g/mol. The molecule has 2 atom stereocenters. The fourth-order valence-corrected chi connectivity index (χ4v) is 1.59. The number of aliphatic hydroxyl groups is 1. The Morgan fingerprint density at radius 3 is 2.50 bits per heavy atom. The van der Waals surface area contributed by atoms with Gasteiger partial charge < -0.3 is 16.2 Å². The molecule has 0 aromatic heterocycles. The van der Waals surface area contributed by atoms with Crippen molar-refractivity contribution < 1.29 is 5.11 Å². The highest BCUT2D eigenvalue weighted by atomic mass is 16.3. The van der Waals surface area contributed by atoms with Gasteiger partial charge in [-0.05, 0) is 19.8 Å². The summed E-state index contributed by atoms with van der Waals surface area (Å²) in [6, 6.07) is 0.790. The van der Waals surface area contributed by atoms with Crippen molar-refractivity contribution in [2.24, 2.45) is 5.73 Å². The maximum Gasteiger partial charge on any atom is 0.0445 e. The molecule has 0 bridgehead atoms. The second-order valence-electron chi connectivity index (χ2n) is 4.01. The van der Waals surface area contributed by atoms with E-state index < -0.39 is 0 Å². The van der Waals surface area contributed by atoms with Gasteiger partial charge in [0.2, 0.25) is 0 Å². The Kier molecular flexibility index (Phi) is 9.35. The van der Waals surface area contributed by atoms with Crippen molar-refractivity contribution in [1.29, 1.82) is 0 Å². The standard InChI is InChI=1S/C11H26N2O/c1-3-4-5-6-11(9-12)13-10(2)7-8-14/h10-11,13-14H,3-9,12H2,1-2H3. The van der Waals surface area contributed by atoms with Crippen LogP contribution in [-0.2, 0) is 0 Å². The highest BCUT2D eigenvalue weighted by molar-refractivity contribution is 4.72. The number of aliphatic hydroxyl groups excluding tert-OH is 1. The van der Waals surface area contributed by atoms with E-state index in [1.807, 2.05) is 0 Å². The Morgan fingerprint density at radius 1 is 1.29 bits per heavy atom. The average Bonchev–Trinajstić information content (AvgIpc) is 2.17. The maximum atomic E-state index is 8.77. The number of nitrogens with one attached hydrogen (secondary N) is 1. The minimum atomic E-state index is 0.250. The molecule has 0 aromatic carbocycles. The molecule has 3 heteroatoms. The summed E-state index contributed by atoms with van der Waals surface area (Å²) < 4.78 is 0. The predicted octanol–water partition coefficient (Wildman–Crippen LogP) is 1.25. The normalized spacial score (nSPS) is 15.4. The van der Waals surface area contributed by atoms with Crippen LogP contribution in [-0.4, -0.2) is 30.3 Å². The van der Waals surface area contributed by atoms with E-state index in [1.165, 1.54) is 19.3 Å². The highest BCUT2D eigenvalue weighted by Gasteiger charge is 2.09. The fraction of sp³-hybridized carbons (Fsp3) is 1.00. The van der Waals surface area contributed by atoms with Crippen molar-refractivity contribution in [3.05, 3.63) is 0 Å². The Hall–Kier alpha value is -0.120. The third kappa shape index (κ3) is 7.30. The third-order valence-corrected chi connectivity index (χ3v) is 2.52. The molecule has 0 saturated carbocycles. The van der Waals surface area contributed by atoms with E-state index >= 15 is 0 Å². The first-order chi connectivity index (χ1) is 6.74. The summed E-state index contributed by atoms with van der Waals surface area (Å²) in [6.45, 7) is 5.25. The zero-order valence-corrected chi connectivity index (χ0v) is 9.63. The van der Waals surface area contributed by atoms with Crippen molar-refractivity contribution in [3.63, 3.8) is 0 Å². The van der Waals surface area contributed by atoms with Crippen LogP contribution in [0.25, 0.3) is 0 Å². The van der Waals surface area contributed by atoms with Crippen molar-refractivity contribution in [2.45, 2.75) is 58.0 Å². The lowest BCUT2D eigenvalue weighted by atomic mass is 10.1. The summed E-state index contributed by atoms with van der Waals surface area (Å²) in [5.74, 6) is 0. The van der Waals surface area contributed by atoms with Crippen LogP contribution in [0.15, 0.2) is 0 Å². The first kappa shape index (κ1) is 13.9. The molecule has 0 aliphatic rings. The zero-order chi connectivity index (χ0) is 10.8. The van der Waals surface area contributed by atoms with Crippen LogP contribution in [0.3, 0.4) is 0 Å². The molecule has 0 amide bonds. The van der Waals surface area contributed by atoms with Gasteiger partial charge in [0.05, 0.1) is 0 Å². The summed E-state index contributed by atoms with van der Waals surface area (Å²) in [5, 5.41) is 12.2. The molecule has 0 aliphatic heterocycles. The lowest BCUT2D eigenvalue weighted by Gasteiger charge is -2.21. The van der Waals surface area contributed by atoms with Crippen molar-refractivity contribution in [3.8, 4) is 0 Å². The number of rotatable bonds is 9. The quantitative estimate of drug-likeness (QED) is 0.493. The van der Waals surface area contributed by atoms with Crippen LogP contribution in [0.2, 0.25) is 0 Å². The van der Waals surface area contributed by atoms with Crippen molar-refractivity contribution >= 4 is 0 Å². The van der Waals surface area contributed by atoms with E-state index in [0.29, 0.717) is 18.6 Å². The lowest BCUT2D eigenvalue weighted by Crippen LogP contribution is -2.41. The molecule has 0 rings (SSSR count). The largest absolute Gasteiger partial charge is 0.396 e. The van der Waals surface area contributed by atoms with Gasteiger partial charge in [-0.3, -0.25) is 0 Å². The van der Waals surface area contributed by atoms with E-state index in [9.17, 15) is 0 Å². The smallest absolute Gasteiger partial charge is 0.0445 e. The van der Waals surface area contributed by atoms with E-state index in [1.54, 1.807) is 0 Å². The van der Waals surface area contributed by atoms with Crippen LogP contribution >= 0.6 is 0 Å². The first-order valence-corrected chi connectivity index (χ1v) is 5.81. The van der Waals surface area contributed by atoms with Gasteiger partial charge in [-0.2, -0.15) is 0 Å². The summed E-state index contributed by atoms with van der Waals surface area (Å²) in [5.41, 5.74) is 5.67. The summed E-state index contributed by atoms with van der Waals surface area (Å²) in [7, 11) is 0. The predicted molar refractivity (Wildman–Crippen MR) is 61.3 cm³/mol. The van der Waals surface area contributed by atoms with E-state index in [0.717, 1.165) is 12.8 Å². The number of hydrogen-bond acceptors (Lipinski definition) is 3. The molecule has 0 aromatic rings. The molecule has 0 spiro atoms. The molecule has 0 radical (unpaired) electrons. The molecule has 2 unspecified atom stereocenters. The van der Waals surface area contributed by atoms with Gasteiger partial charge in [0, 0.05) is 25.2 Å². The number of nitrogens with two attached hydrogens (primary N) is 1. The highest BCUT2D eigenvalue weighted by Crippen LogP contribution is 2.04. The van der Waals surface area contributed by atoms with Crippen LogP contribution in [0, 0.1) is 0 Å². The van der Waals surface area contributed by atoms with Crippen LogP contribution in [0.1, 0.15) is 46.0 Å². The average molecular weight is 202 g/mol. The maximum absolute atomic E-state index is 8.77. The molecule has 0 aliphatic carbocycles. The summed E-state index contributed by atoms with van der Waals surface area (Å²) in [4.78, 5) is 0. The lowest BCUT2D eigenvalue weighted by molar-refractivity contribution is 0.261. The minimum Gasteiger partial charge on any atom is -0.396 e. The Morgan fingerprint density at radius 2 is 2.00 bits per heavy atom. The van der Waals surface area contributed by atoms with Gasteiger partial charge in [0.25, 0.3) is 0 Å². The summed E-state index contributed by atoms with van der Waals surface area (Å²) >= 11 is 0. The second-order valence-corrected chi connectivity index (χ2v) is 4.01. The molecular weight excluding hydrogens is 176 g/mol. The van der Waals surface area contributed by atoms with Gasteiger partial charge in [-0.25, -0.2) is 0 Å². The molecular formula is C11H26N2O. The van der Waals surface area contributed by atoms with Crippen molar-refractivity contribution in [1.82, 2.24) is 5.32 Å². The zero-order valence-electron chi connectivity index (χ0n) is 9.63. The van der Waals surface area contributed by atoms with Gasteiger partial charge in [-0.15, -0.1) is 0 Å². The Labute approximate surface area is 88.1 Å². The summed E-state index contributed by atoms with van der Waals surface area (Å²) in [6.07, 6.45) is 5.75. The Balaban J connectivity index is 3.55. The number of unbranched alkanes of at least 4 members (excludes halogenated alkanes) is 2. The second kappa shape index (κ2) is 9.44. The van der Waals surface area contributed by atoms with Gasteiger partial charge in [0.1, 0.15) is 0 Å². The fourth-order valence-electron chi connectivity index (χ4n) is 1.59. The van der Waals surface area contributed by atoms with E-state index in [-0.39, 0.29) is 6.61 Å². The molecule has 0 heterocycles. The molecule has 3 nitrogen and oxygen atoms in total. The SMILES string of the molecule is CCCCCC(CN)NC(C)CCO. The minimum absolute atomic E-state index is 0.250.